The van der Waals surface area contributed by atoms with E-state index < -0.39 is 17.2 Å². The monoisotopic (exact) mass is 408 g/mol. The molecule has 1 saturated carbocycles. The van der Waals surface area contributed by atoms with Gasteiger partial charge in [0, 0.05) is 11.8 Å². The zero-order valence-electron chi connectivity index (χ0n) is 16.6. The molecule has 2 heterocycles. The number of nitrogen functional groups attached to an aromatic ring is 1. The Balaban J connectivity index is 1.53. The highest BCUT2D eigenvalue weighted by atomic mass is 16.2. The number of carbonyl (C=O) groups excluding carboxylic acids is 1. The van der Waals surface area contributed by atoms with Crippen LogP contribution in [0.1, 0.15) is 60.7 Å². The molecule has 3 aromatic rings. The second-order valence-electron chi connectivity index (χ2n) is 7.66. The summed E-state index contributed by atoms with van der Waals surface area (Å²) in [5, 5.41) is 7.30. The fourth-order valence-electron chi connectivity index (χ4n) is 3.87. The van der Waals surface area contributed by atoms with Gasteiger partial charge >= 0.3 is 5.69 Å². The van der Waals surface area contributed by atoms with Crippen molar-refractivity contribution in [2.45, 2.75) is 44.7 Å². The van der Waals surface area contributed by atoms with Crippen LogP contribution < -0.4 is 22.3 Å². The van der Waals surface area contributed by atoms with Crippen LogP contribution in [-0.4, -0.2) is 25.7 Å². The van der Waals surface area contributed by atoms with Gasteiger partial charge in [-0.05, 0) is 37.0 Å². The van der Waals surface area contributed by atoms with Gasteiger partial charge in [0.2, 0.25) is 0 Å². The summed E-state index contributed by atoms with van der Waals surface area (Å²) in [7, 11) is 0. The second-order valence-corrected chi connectivity index (χ2v) is 7.66. The van der Waals surface area contributed by atoms with Crippen molar-refractivity contribution in [3.05, 3.63) is 68.8 Å². The number of nitrogens with two attached hydrogens (primary N) is 1. The lowest BCUT2D eigenvalue weighted by Crippen LogP contribution is -2.34. The van der Waals surface area contributed by atoms with Crippen LogP contribution in [0.25, 0.3) is 11.1 Å². The van der Waals surface area contributed by atoms with E-state index in [1.54, 1.807) is 0 Å². The van der Waals surface area contributed by atoms with Crippen LogP contribution in [0.5, 0.6) is 0 Å². The maximum Gasteiger partial charge on any atom is 0.326 e. The number of aromatic amines is 2. The van der Waals surface area contributed by atoms with Crippen molar-refractivity contribution >= 4 is 11.6 Å². The molecule has 1 aromatic carbocycles. The Labute approximate surface area is 172 Å². The highest BCUT2D eigenvalue weighted by Gasteiger charge is 2.19. The number of benzene rings is 1. The Morgan fingerprint density at radius 1 is 1.23 bits per heavy atom. The highest BCUT2D eigenvalue weighted by Crippen LogP contribution is 2.31. The van der Waals surface area contributed by atoms with Crippen LogP contribution in [0.4, 0.5) is 5.69 Å². The summed E-state index contributed by atoms with van der Waals surface area (Å²) >= 11 is 0. The van der Waals surface area contributed by atoms with Gasteiger partial charge in [-0.1, -0.05) is 31.0 Å². The predicted octanol–water partition coefficient (Wildman–Crippen LogP) is 2.12. The molecule has 9 heteroatoms. The van der Waals surface area contributed by atoms with Crippen molar-refractivity contribution in [3.8, 4) is 11.1 Å². The number of nitrogens with one attached hydrogen (secondary N) is 3. The van der Waals surface area contributed by atoms with Gasteiger partial charge in [0.1, 0.15) is 11.4 Å². The minimum atomic E-state index is -0.794. The molecule has 30 heavy (non-hydrogen) atoms. The molecule has 0 radical (unpaired) electrons. The molecule has 1 fully saturated rings. The molecule has 5 N–H and O–H groups in total. The SMILES string of the molecule is C[C@@H](NC(=O)c1[nH]c(=O)[nH]c(=O)c1N)c1cccc(-c2cnn(C3CCCC3)c2)c1. The third kappa shape index (κ3) is 3.91. The van der Waals surface area contributed by atoms with E-state index in [1.165, 1.54) is 12.8 Å². The van der Waals surface area contributed by atoms with Gasteiger partial charge < -0.3 is 16.0 Å². The predicted molar refractivity (Wildman–Crippen MR) is 113 cm³/mol. The third-order valence-electron chi connectivity index (χ3n) is 5.57. The van der Waals surface area contributed by atoms with Crippen molar-refractivity contribution in [2.75, 3.05) is 5.73 Å². The highest BCUT2D eigenvalue weighted by molar-refractivity contribution is 5.97. The van der Waals surface area contributed by atoms with Crippen molar-refractivity contribution in [2.24, 2.45) is 0 Å². The maximum atomic E-state index is 12.5. The fraction of sp³-hybridized carbons (Fsp3) is 0.333. The lowest BCUT2D eigenvalue weighted by atomic mass is 10.0. The van der Waals surface area contributed by atoms with E-state index >= 15 is 0 Å². The number of anilines is 1. The van der Waals surface area contributed by atoms with E-state index in [0.717, 1.165) is 29.5 Å². The number of aromatic nitrogens is 4. The molecular weight excluding hydrogens is 384 g/mol. The Hall–Kier alpha value is -3.62. The Morgan fingerprint density at radius 2 is 2.00 bits per heavy atom. The van der Waals surface area contributed by atoms with Gasteiger partial charge in [-0.15, -0.1) is 0 Å². The van der Waals surface area contributed by atoms with E-state index in [1.807, 2.05) is 47.1 Å². The molecule has 1 aliphatic carbocycles. The molecule has 1 atom stereocenters. The third-order valence-corrected chi connectivity index (χ3v) is 5.57. The van der Waals surface area contributed by atoms with Gasteiger partial charge in [0.05, 0.1) is 18.3 Å². The first-order chi connectivity index (χ1) is 14.4. The Bertz CT molecular complexity index is 1190. The summed E-state index contributed by atoms with van der Waals surface area (Å²) in [6, 6.07) is 7.92. The van der Waals surface area contributed by atoms with Crippen LogP contribution in [0.15, 0.2) is 46.2 Å². The number of carbonyl (C=O) groups is 1. The average Bonchev–Trinajstić information content (AvgIpc) is 3.42. The summed E-state index contributed by atoms with van der Waals surface area (Å²) in [5.41, 5.74) is 6.38. The Kier molecular flexibility index (Phi) is 5.26. The molecule has 0 bridgehead atoms. The molecule has 0 aliphatic heterocycles. The standard InChI is InChI=1S/C21H24N6O3/c1-12(24-20(29)18-17(22)19(28)26-21(30)25-18)13-5-4-6-14(9-13)15-10-23-27(11-15)16-7-2-3-8-16/h4-6,9-12,16H,2-3,7-8,22H2,1H3,(H,24,29)(H2,25,26,28,30)/t12-/m1/s1. The zero-order valence-corrected chi connectivity index (χ0v) is 16.6. The number of hydrogen-bond donors (Lipinski definition) is 4. The topological polar surface area (TPSA) is 139 Å². The van der Waals surface area contributed by atoms with Crippen LogP contribution in [-0.2, 0) is 0 Å². The first-order valence-electron chi connectivity index (χ1n) is 10.00. The second kappa shape index (κ2) is 8.02. The molecule has 9 nitrogen and oxygen atoms in total. The lowest BCUT2D eigenvalue weighted by Gasteiger charge is -2.15. The molecular formula is C21H24N6O3. The zero-order chi connectivity index (χ0) is 21.3. The van der Waals surface area contributed by atoms with Gasteiger partial charge in [-0.3, -0.25) is 19.3 Å². The summed E-state index contributed by atoms with van der Waals surface area (Å²) < 4.78 is 2.05. The smallest absolute Gasteiger partial charge is 0.326 e. The van der Waals surface area contributed by atoms with E-state index in [2.05, 4.69) is 21.6 Å². The van der Waals surface area contributed by atoms with E-state index in [4.69, 9.17) is 5.73 Å². The van der Waals surface area contributed by atoms with Crippen LogP contribution in [0.3, 0.4) is 0 Å². The van der Waals surface area contributed by atoms with Gasteiger partial charge in [0.25, 0.3) is 11.5 Å². The largest absolute Gasteiger partial charge is 0.392 e. The first-order valence-corrected chi connectivity index (χ1v) is 10.00. The molecule has 1 aliphatic rings. The number of nitrogens with zero attached hydrogens (tertiary/aromatic N) is 2. The van der Waals surface area contributed by atoms with E-state index in [0.29, 0.717) is 6.04 Å². The quantitative estimate of drug-likeness (QED) is 0.512. The average molecular weight is 408 g/mol. The minimum absolute atomic E-state index is 0.246. The van der Waals surface area contributed by atoms with Crippen molar-refractivity contribution in [1.82, 2.24) is 25.1 Å². The van der Waals surface area contributed by atoms with Crippen molar-refractivity contribution in [1.29, 1.82) is 0 Å². The van der Waals surface area contributed by atoms with Crippen LogP contribution >= 0.6 is 0 Å². The van der Waals surface area contributed by atoms with Gasteiger partial charge in [-0.2, -0.15) is 5.10 Å². The number of amides is 1. The van der Waals surface area contributed by atoms with Gasteiger partial charge in [-0.25, -0.2) is 4.79 Å². The summed E-state index contributed by atoms with van der Waals surface area (Å²) in [5.74, 6) is -0.623. The summed E-state index contributed by atoms with van der Waals surface area (Å²) in [4.78, 5) is 39.9. The lowest BCUT2D eigenvalue weighted by molar-refractivity contribution is 0.0935. The van der Waals surface area contributed by atoms with Crippen molar-refractivity contribution in [3.63, 3.8) is 0 Å². The number of hydrogen-bond acceptors (Lipinski definition) is 5. The minimum Gasteiger partial charge on any atom is -0.392 e. The van der Waals surface area contributed by atoms with Crippen LogP contribution in [0.2, 0.25) is 0 Å². The Morgan fingerprint density at radius 3 is 2.77 bits per heavy atom. The molecule has 4 rings (SSSR count). The van der Waals surface area contributed by atoms with E-state index in [9.17, 15) is 14.4 Å². The molecule has 156 valence electrons. The number of rotatable bonds is 5. The van der Waals surface area contributed by atoms with Crippen LogP contribution in [0, 0.1) is 0 Å². The normalized spacial score (nSPS) is 15.2. The van der Waals surface area contributed by atoms with E-state index in [-0.39, 0.29) is 17.4 Å². The van der Waals surface area contributed by atoms with Gasteiger partial charge in [0.15, 0.2) is 0 Å². The van der Waals surface area contributed by atoms with Crippen molar-refractivity contribution < 1.29 is 4.79 Å². The summed E-state index contributed by atoms with van der Waals surface area (Å²) in [6.07, 6.45) is 8.75. The maximum absolute atomic E-state index is 12.5. The number of H-pyrrole nitrogens is 2. The first kappa shape index (κ1) is 19.7. The fourth-order valence-corrected chi connectivity index (χ4v) is 3.87. The summed E-state index contributed by atoms with van der Waals surface area (Å²) in [6.45, 7) is 1.82. The molecule has 0 unspecified atom stereocenters. The molecule has 1 amide bonds. The molecule has 2 aromatic heterocycles. The molecule has 0 spiro atoms. The molecule has 0 saturated heterocycles.